The van der Waals surface area contributed by atoms with Crippen LogP contribution in [0, 0.1) is 20.8 Å². The van der Waals surface area contributed by atoms with Gasteiger partial charge in [0, 0.05) is 11.3 Å². The predicted molar refractivity (Wildman–Crippen MR) is 139 cm³/mol. The summed E-state index contributed by atoms with van der Waals surface area (Å²) in [7, 11) is 0. The van der Waals surface area contributed by atoms with Gasteiger partial charge >= 0.3 is 5.97 Å². The van der Waals surface area contributed by atoms with E-state index in [9.17, 15) is 19.5 Å². The molecular weight excluding hydrogens is 454 g/mol. The van der Waals surface area contributed by atoms with E-state index in [0.717, 1.165) is 16.7 Å². The molecule has 1 aliphatic heterocycles. The van der Waals surface area contributed by atoms with Crippen LogP contribution in [0.2, 0.25) is 0 Å². The number of benzene rings is 3. The lowest BCUT2D eigenvalue weighted by atomic mass is 9.92. The lowest BCUT2D eigenvalue weighted by Crippen LogP contribution is -2.29. The first-order valence-corrected chi connectivity index (χ1v) is 11.8. The van der Waals surface area contributed by atoms with Crippen LogP contribution in [0.3, 0.4) is 0 Å². The Bertz CT molecular complexity index is 1400. The monoisotopic (exact) mass is 483 g/mol. The van der Waals surface area contributed by atoms with Crippen molar-refractivity contribution in [1.82, 2.24) is 0 Å². The summed E-state index contributed by atoms with van der Waals surface area (Å²) in [5.41, 5.74) is 4.46. The maximum Gasteiger partial charge on any atom is 0.338 e. The molecule has 1 heterocycles. The molecule has 0 radical (unpaired) electrons. The van der Waals surface area contributed by atoms with Gasteiger partial charge in [-0.2, -0.15) is 0 Å². The number of ketones is 1. The number of aryl methyl sites for hydroxylation is 3. The van der Waals surface area contributed by atoms with Crippen molar-refractivity contribution in [3.8, 4) is 0 Å². The second-order valence-corrected chi connectivity index (χ2v) is 9.41. The van der Waals surface area contributed by atoms with Crippen LogP contribution >= 0.6 is 0 Å². The van der Waals surface area contributed by atoms with Gasteiger partial charge in [0.2, 0.25) is 0 Å². The summed E-state index contributed by atoms with van der Waals surface area (Å²) in [5.74, 6) is -2.30. The van der Waals surface area contributed by atoms with Gasteiger partial charge in [0.1, 0.15) is 5.76 Å². The van der Waals surface area contributed by atoms with Gasteiger partial charge in [-0.1, -0.05) is 53.6 Å². The van der Waals surface area contributed by atoms with E-state index < -0.39 is 23.7 Å². The van der Waals surface area contributed by atoms with Gasteiger partial charge in [-0.05, 0) is 70.0 Å². The third kappa shape index (κ3) is 4.67. The molecule has 6 heteroatoms. The molecule has 0 spiro atoms. The van der Waals surface area contributed by atoms with Gasteiger partial charge in [-0.3, -0.25) is 14.5 Å². The average Bonchev–Trinajstić information content (AvgIpc) is 3.10. The highest BCUT2D eigenvalue weighted by Crippen LogP contribution is 2.43. The fourth-order valence-corrected chi connectivity index (χ4v) is 4.46. The van der Waals surface area contributed by atoms with Crippen LogP contribution < -0.4 is 4.90 Å². The molecule has 1 aliphatic rings. The Morgan fingerprint density at radius 1 is 0.917 bits per heavy atom. The fraction of sp³-hybridized carbons (Fsp3) is 0.233. The van der Waals surface area contributed by atoms with Crippen LogP contribution in [-0.2, 0) is 14.3 Å². The number of rotatable bonds is 5. The molecule has 1 saturated heterocycles. The molecule has 0 aromatic heterocycles. The molecule has 4 rings (SSSR count). The first-order chi connectivity index (χ1) is 17.1. The van der Waals surface area contributed by atoms with E-state index in [4.69, 9.17) is 4.74 Å². The number of ether oxygens (including phenoxy) is 1. The van der Waals surface area contributed by atoms with Gasteiger partial charge in [0.15, 0.2) is 0 Å². The Morgan fingerprint density at radius 3 is 2.31 bits per heavy atom. The average molecular weight is 484 g/mol. The lowest BCUT2D eigenvalue weighted by Gasteiger charge is -2.26. The second-order valence-electron chi connectivity index (χ2n) is 9.41. The first kappa shape index (κ1) is 24.9. The van der Waals surface area contributed by atoms with Crippen molar-refractivity contribution >= 4 is 29.1 Å². The molecule has 1 atom stereocenters. The number of aliphatic hydroxyl groups is 1. The van der Waals surface area contributed by atoms with Gasteiger partial charge in [-0.25, -0.2) is 4.79 Å². The summed E-state index contributed by atoms with van der Waals surface area (Å²) in [4.78, 5) is 40.8. The van der Waals surface area contributed by atoms with Crippen LogP contribution in [0.1, 0.15) is 58.1 Å². The van der Waals surface area contributed by atoms with E-state index in [-0.39, 0.29) is 23.0 Å². The minimum absolute atomic E-state index is 0.00876. The van der Waals surface area contributed by atoms with Crippen molar-refractivity contribution < 1.29 is 24.2 Å². The number of carbonyl (C=O) groups is 3. The van der Waals surface area contributed by atoms with E-state index in [0.29, 0.717) is 16.8 Å². The summed E-state index contributed by atoms with van der Waals surface area (Å²) >= 11 is 0. The van der Waals surface area contributed by atoms with Crippen molar-refractivity contribution in [2.75, 3.05) is 4.90 Å². The molecule has 184 valence electrons. The molecule has 3 aromatic carbocycles. The van der Waals surface area contributed by atoms with E-state index in [2.05, 4.69) is 0 Å². The topological polar surface area (TPSA) is 83.9 Å². The fourth-order valence-electron chi connectivity index (χ4n) is 4.46. The first-order valence-electron chi connectivity index (χ1n) is 11.8. The number of carbonyl (C=O) groups excluding carboxylic acids is 3. The molecule has 1 amide bonds. The van der Waals surface area contributed by atoms with Crippen molar-refractivity contribution in [2.24, 2.45) is 0 Å². The summed E-state index contributed by atoms with van der Waals surface area (Å²) < 4.78 is 5.31. The maximum absolute atomic E-state index is 13.4. The van der Waals surface area contributed by atoms with Gasteiger partial charge < -0.3 is 9.84 Å². The highest BCUT2D eigenvalue weighted by molar-refractivity contribution is 6.51. The molecule has 1 N–H and O–H groups in total. The highest BCUT2D eigenvalue weighted by Gasteiger charge is 2.47. The zero-order valence-corrected chi connectivity index (χ0v) is 21.0. The third-order valence-corrected chi connectivity index (χ3v) is 6.15. The number of esters is 1. The van der Waals surface area contributed by atoms with E-state index >= 15 is 0 Å². The van der Waals surface area contributed by atoms with Gasteiger partial charge in [0.25, 0.3) is 11.7 Å². The summed E-state index contributed by atoms with van der Waals surface area (Å²) in [6.45, 7) is 9.17. The molecule has 1 fully saturated rings. The zero-order chi connectivity index (χ0) is 26.1. The normalized spacial score (nSPS) is 17.1. The minimum Gasteiger partial charge on any atom is -0.507 e. The molecular formula is C30H29NO5. The van der Waals surface area contributed by atoms with Gasteiger partial charge in [0.05, 0.1) is 23.3 Å². The molecule has 3 aromatic rings. The molecule has 1 unspecified atom stereocenters. The molecule has 0 aliphatic carbocycles. The number of nitrogens with zero attached hydrogens (tertiary/aromatic N) is 1. The second kappa shape index (κ2) is 9.82. The Balaban J connectivity index is 1.93. The summed E-state index contributed by atoms with van der Waals surface area (Å²) in [5, 5.41) is 11.4. The molecule has 6 nitrogen and oxygen atoms in total. The van der Waals surface area contributed by atoms with Crippen molar-refractivity contribution in [2.45, 2.75) is 46.8 Å². The van der Waals surface area contributed by atoms with E-state index in [1.807, 2.05) is 57.2 Å². The van der Waals surface area contributed by atoms with Crippen LogP contribution in [0.5, 0.6) is 0 Å². The number of hydrogen-bond acceptors (Lipinski definition) is 5. The zero-order valence-electron chi connectivity index (χ0n) is 21.0. The quantitative estimate of drug-likeness (QED) is 0.214. The van der Waals surface area contributed by atoms with Crippen LogP contribution in [0.4, 0.5) is 5.69 Å². The summed E-state index contributed by atoms with van der Waals surface area (Å²) in [6.07, 6.45) is -0.305. The third-order valence-electron chi connectivity index (χ3n) is 6.15. The molecule has 0 bridgehead atoms. The largest absolute Gasteiger partial charge is 0.507 e. The van der Waals surface area contributed by atoms with Crippen molar-refractivity contribution in [3.63, 3.8) is 0 Å². The van der Waals surface area contributed by atoms with Crippen molar-refractivity contribution in [3.05, 3.63) is 106 Å². The predicted octanol–water partition coefficient (Wildman–Crippen LogP) is 5.80. The maximum atomic E-state index is 13.4. The molecule has 0 saturated carbocycles. The Kier molecular flexibility index (Phi) is 6.80. The van der Waals surface area contributed by atoms with Crippen LogP contribution in [-0.4, -0.2) is 28.9 Å². The Hall–Kier alpha value is -4.19. The number of anilines is 1. The van der Waals surface area contributed by atoms with E-state index in [1.54, 1.807) is 38.1 Å². The van der Waals surface area contributed by atoms with E-state index in [1.165, 1.54) is 11.0 Å². The SMILES string of the molecule is Cc1cccc(C2/C(=C(\O)c3cc(C)ccc3C)C(=O)C(=O)N2c2cccc(C(=O)OC(C)C)c2)c1. The highest BCUT2D eigenvalue weighted by atomic mass is 16.5. The van der Waals surface area contributed by atoms with Crippen LogP contribution in [0.15, 0.2) is 72.3 Å². The standard InChI is InChI=1S/C30H29NO5/c1-17(2)36-30(35)22-10-7-11-23(16-22)31-26(21-9-6-8-18(3)14-21)25(28(33)29(31)34)27(32)24-15-19(4)12-13-20(24)5/h6-17,26,32H,1-5H3/b27-25+. The Labute approximate surface area is 210 Å². The summed E-state index contributed by atoms with van der Waals surface area (Å²) in [6, 6.07) is 18.6. The number of Topliss-reactive ketones (excluding diaryl/α,β-unsaturated/α-hetero) is 1. The van der Waals surface area contributed by atoms with Gasteiger partial charge in [-0.15, -0.1) is 0 Å². The number of hydrogen-bond donors (Lipinski definition) is 1. The lowest BCUT2D eigenvalue weighted by molar-refractivity contribution is -0.132. The minimum atomic E-state index is -0.874. The number of aliphatic hydroxyl groups excluding tert-OH is 1. The van der Waals surface area contributed by atoms with Crippen LogP contribution in [0.25, 0.3) is 5.76 Å². The number of amides is 1. The molecule has 36 heavy (non-hydrogen) atoms. The smallest absolute Gasteiger partial charge is 0.338 e. The van der Waals surface area contributed by atoms with Crippen molar-refractivity contribution in [1.29, 1.82) is 0 Å². The Morgan fingerprint density at radius 2 is 1.61 bits per heavy atom.